The van der Waals surface area contributed by atoms with E-state index in [1.54, 1.807) is 36.5 Å². The number of aryl methyl sites for hydroxylation is 1. The maximum Gasteiger partial charge on any atom is 0.417 e. The third kappa shape index (κ3) is 6.05. The van der Waals surface area contributed by atoms with Gasteiger partial charge < -0.3 is 9.84 Å². The average molecular weight is 469 g/mol. The third-order valence-electron chi connectivity index (χ3n) is 4.13. The molecule has 1 atom stereocenters. The molecule has 1 unspecified atom stereocenters. The lowest BCUT2D eigenvalue weighted by molar-refractivity contribution is -0.137. The molecule has 0 aliphatic heterocycles. The number of nitrogens with zero attached hydrogens (tertiary/aromatic N) is 2. The molecule has 5 nitrogen and oxygen atoms in total. The molecule has 0 saturated carbocycles. The van der Waals surface area contributed by atoms with E-state index in [1.165, 1.54) is 17.6 Å². The first-order valence-corrected chi connectivity index (χ1v) is 10.3. The average Bonchev–Trinajstić information content (AvgIpc) is 2.68. The van der Waals surface area contributed by atoms with Gasteiger partial charge >= 0.3 is 6.18 Å². The van der Waals surface area contributed by atoms with Crippen molar-refractivity contribution in [3.63, 3.8) is 0 Å². The summed E-state index contributed by atoms with van der Waals surface area (Å²) in [6.07, 6.45) is -2.12. The van der Waals surface area contributed by atoms with Gasteiger partial charge in [-0.2, -0.15) is 13.2 Å². The molecular formula is C21H19F3N2O3S2. The van der Waals surface area contributed by atoms with Gasteiger partial charge in [0.1, 0.15) is 22.3 Å². The van der Waals surface area contributed by atoms with E-state index in [9.17, 15) is 23.1 Å². The van der Waals surface area contributed by atoms with Crippen molar-refractivity contribution in [1.82, 2.24) is 9.55 Å². The van der Waals surface area contributed by atoms with E-state index in [-0.39, 0.29) is 17.2 Å². The Kier molecular flexibility index (Phi) is 6.73. The van der Waals surface area contributed by atoms with Crippen LogP contribution in [0.2, 0.25) is 0 Å². The molecule has 164 valence electrons. The highest BCUT2D eigenvalue weighted by molar-refractivity contribution is 7.99. The summed E-state index contributed by atoms with van der Waals surface area (Å²) in [6.45, 7) is 3.30. The smallest absolute Gasteiger partial charge is 0.417 e. The second-order valence-corrected chi connectivity index (χ2v) is 9.01. The quantitative estimate of drug-likeness (QED) is 0.405. The Morgan fingerprint density at radius 1 is 1.23 bits per heavy atom. The Balaban J connectivity index is 1.84. The van der Waals surface area contributed by atoms with Crippen LogP contribution in [-0.4, -0.2) is 26.2 Å². The van der Waals surface area contributed by atoms with Crippen LogP contribution in [0.25, 0.3) is 5.69 Å². The molecule has 0 aliphatic rings. The fourth-order valence-corrected chi connectivity index (χ4v) is 3.50. The van der Waals surface area contributed by atoms with Crippen LogP contribution in [0.5, 0.6) is 5.75 Å². The van der Waals surface area contributed by atoms with E-state index in [1.807, 2.05) is 6.92 Å². The van der Waals surface area contributed by atoms with Gasteiger partial charge in [0.15, 0.2) is 0 Å². The zero-order valence-corrected chi connectivity index (χ0v) is 18.3. The van der Waals surface area contributed by atoms with Crippen molar-refractivity contribution in [3.8, 4) is 11.4 Å². The van der Waals surface area contributed by atoms with Gasteiger partial charge in [0.2, 0.25) is 0 Å². The van der Waals surface area contributed by atoms with Crippen LogP contribution in [0.4, 0.5) is 13.2 Å². The molecule has 1 aromatic carbocycles. The highest BCUT2D eigenvalue weighted by atomic mass is 32.2. The normalized spacial score (nSPS) is 13.6. The monoisotopic (exact) mass is 468 g/mol. The molecule has 1 N–H and O–H groups in total. The molecule has 0 radical (unpaired) electrons. The molecule has 31 heavy (non-hydrogen) atoms. The van der Waals surface area contributed by atoms with E-state index in [2.05, 4.69) is 17.6 Å². The molecule has 0 aliphatic carbocycles. The maximum absolute atomic E-state index is 12.9. The fourth-order valence-electron chi connectivity index (χ4n) is 2.64. The number of rotatable bonds is 6. The van der Waals surface area contributed by atoms with Crippen LogP contribution in [0.1, 0.15) is 18.1 Å². The van der Waals surface area contributed by atoms with E-state index in [0.29, 0.717) is 16.3 Å². The Morgan fingerprint density at radius 3 is 2.55 bits per heavy atom. The predicted octanol–water partition coefficient (Wildman–Crippen LogP) is 4.73. The van der Waals surface area contributed by atoms with Crippen LogP contribution in [-0.2, 0) is 6.18 Å². The zero-order valence-electron chi connectivity index (χ0n) is 16.6. The second-order valence-electron chi connectivity index (χ2n) is 6.99. The molecule has 0 amide bonds. The van der Waals surface area contributed by atoms with Crippen molar-refractivity contribution < 1.29 is 23.0 Å². The number of aliphatic hydroxyl groups is 1. The molecule has 2 heterocycles. The minimum Gasteiger partial charge on any atom is -0.489 e. The minimum absolute atomic E-state index is 0.0114. The first kappa shape index (κ1) is 23.2. The summed E-state index contributed by atoms with van der Waals surface area (Å²) in [5.41, 5.74) is 0.167. The Labute approximate surface area is 186 Å². The summed E-state index contributed by atoms with van der Waals surface area (Å²) < 4.78 is 45.1. The maximum atomic E-state index is 12.9. The first-order valence-electron chi connectivity index (χ1n) is 9.05. The largest absolute Gasteiger partial charge is 0.489 e. The molecule has 2 aromatic heterocycles. The third-order valence-corrected chi connectivity index (χ3v) is 5.24. The molecule has 0 bridgehead atoms. The van der Waals surface area contributed by atoms with Crippen LogP contribution in [0, 0.1) is 6.92 Å². The molecule has 0 fully saturated rings. The highest BCUT2D eigenvalue weighted by Crippen LogP contribution is 2.31. The van der Waals surface area contributed by atoms with Gasteiger partial charge in [0, 0.05) is 18.1 Å². The van der Waals surface area contributed by atoms with Gasteiger partial charge in [0.25, 0.3) is 5.56 Å². The number of hydrogen-bond acceptors (Lipinski definition) is 6. The van der Waals surface area contributed by atoms with Crippen LogP contribution < -0.4 is 10.3 Å². The van der Waals surface area contributed by atoms with Crippen LogP contribution in [0.3, 0.4) is 0 Å². The molecule has 0 saturated heterocycles. The predicted molar refractivity (Wildman–Crippen MR) is 115 cm³/mol. The standard InChI is InChI=1S/C21H19F3N2O3S2/c1-13-10-15(6-7-16(13)29-12-20(2,28)30)26-9-3-4-17(19(26)27)31-18-8-5-14(11-25-18)21(22,23)24/h3-11,28,30H,12H2,1-2H3. The summed E-state index contributed by atoms with van der Waals surface area (Å²) in [5.74, 6) is 0.547. The SMILES string of the molecule is Cc1cc(-n2cccc(Sc3ccc(C(F)(F)F)cn3)c2=O)ccc1OCC(C)(O)S. The molecule has 10 heteroatoms. The number of thiol groups is 1. The number of ether oxygens (including phenoxy) is 1. The second kappa shape index (κ2) is 8.97. The van der Waals surface area contributed by atoms with Gasteiger partial charge in [-0.05, 0) is 61.9 Å². The molecular weight excluding hydrogens is 449 g/mol. The van der Waals surface area contributed by atoms with Gasteiger partial charge in [-0.25, -0.2) is 4.98 Å². The van der Waals surface area contributed by atoms with Gasteiger partial charge in [-0.1, -0.05) is 11.8 Å². The number of halogens is 3. The zero-order chi connectivity index (χ0) is 22.8. The van der Waals surface area contributed by atoms with Crippen LogP contribution >= 0.6 is 24.4 Å². The van der Waals surface area contributed by atoms with E-state index in [0.717, 1.165) is 29.6 Å². The van der Waals surface area contributed by atoms with Crippen molar-refractivity contribution in [2.24, 2.45) is 0 Å². The Morgan fingerprint density at radius 2 is 1.97 bits per heavy atom. The van der Waals surface area contributed by atoms with Crippen molar-refractivity contribution in [2.45, 2.75) is 34.9 Å². The summed E-state index contributed by atoms with van der Waals surface area (Å²) in [6, 6.07) is 10.6. The lowest BCUT2D eigenvalue weighted by Crippen LogP contribution is -2.25. The van der Waals surface area contributed by atoms with Gasteiger partial charge in [0.05, 0.1) is 10.5 Å². The topological polar surface area (TPSA) is 64.4 Å². The summed E-state index contributed by atoms with van der Waals surface area (Å²) >= 11 is 4.99. The minimum atomic E-state index is -4.47. The number of hydrogen-bond donors (Lipinski definition) is 2. The van der Waals surface area contributed by atoms with Crippen LogP contribution in [0.15, 0.2) is 69.6 Å². The lowest BCUT2D eigenvalue weighted by atomic mass is 10.2. The number of alkyl halides is 3. The molecule has 0 spiro atoms. The van der Waals surface area contributed by atoms with E-state index < -0.39 is 16.7 Å². The number of pyridine rings is 2. The van der Waals surface area contributed by atoms with Gasteiger partial charge in [-0.15, -0.1) is 12.6 Å². The summed E-state index contributed by atoms with van der Waals surface area (Å²) in [5, 5.41) is 9.96. The summed E-state index contributed by atoms with van der Waals surface area (Å²) in [7, 11) is 0. The number of benzene rings is 1. The Hall–Kier alpha value is -2.43. The van der Waals surface area contributed by atoms with Crippen molar-refractivity contribution in [3.05, 3.63) is 76.3 Å². The Bertz CT molecular complexity index is 1120. The van der Waals surface area contributed by atoms with E-state index >= 15 is 0 Å². The highest BCUT2D eigenvalue weighted by Gasteiger charge is 2.30. The first-order chi connectivity index (χ1) is 14.4. The summed E-state index contributed by atoms with van der Waals surface area (Å²) in [4.78, 5) is 15.8. The van der Waals surface area contributed by atoms with E-state index in [4.69, 9.17) is 4.74 Å². The van der Waals surface area contributed by atoms with Crippen molar-refractivity contribution in [2.75, 3.05) is 6.61 Å². The fraction of sp³-hybridized carbons (Fsp3) is 0.238. The van der Waals surface area contributed by atoms with Gasteiger partial charge in [-0.3, -0.25) is 9.36 Å². The number of aromatic nitrogens is 2. The molecule has 3 aromatic rings. The van der Waals surface area contributed by atoms with Crippen molar-refractivity contribution >= 4 is 24.4 Å². The van der Waals surface area contributed by atoms with Crippen molar-refractivity contribution in [1.29, 1.82) is 0 Å². The molecule has 3 rings (SSSR count). The lowest BCUT2D eigenvalue weighted by Gasteiger charge is -2.18.